The highest BCUT2D eigenvalue weighted by atomic mass is 32.1. The van der Waals surface area contributed by atoms with Crippen molar-refractivity contribution >= 4 is 11.3 Å². The first-order chi connectivity index (χ1) is 9.35. The van der Waals surface area contributed by atoms with Crippen molar-refractivity contribution in [2.24, 2.45) is 0 Å². The lowest BCUT2D eigenvalue weighted by Crippen LogP contribution is -2.11. The van der Waals surface area contributed by atoms with Crippen molar-refractivity contribution in [1.29, 1.82) is 0 Å². The van der Waals surface area contributed by atoms with Crippen LogP contribution in [-0.4, -0.2) is 38.5 Å². The Morgan fingerprint density at radius 2 is 2.16 bits per heavy atom. The number of hydrogen-bond acceptors (Lipinski definition) is 5. The third-order valence-electron chi connectivity index (χ3n) is 3.16. The quantitative estimate of drug-likeness (QED) is 0.670. The van der Waals surface area contributed by atoms with Crippen LogP contribution in [0.4, 0.5) is 0 Å². The maximum Gasteiger partial charge on any atom is 0.0954 e. The molecule has 0 saturated heterocycles. The number of aromatic nitrogens is 1. The topological polar surface area (TPSA) is 43.4 Å². The summed E-state index contributed by atoms with van der Waals surface area (Å²) in [5, 5.41) is 4.62. The van der Waals surface area contributed by atoms with Gasteiger partial charge in [0, 0.05) is 30.9 Å². The lowest BCUT2D eigenvalue weighted by atomic mass is 10.2. The van der Waals surface area contributed by atoms with Crippen molar-refractivity contribution < 1.29 is 9.47 Å². The van der Waals surface area contributed by atoms with E-state index in [1.807, 2.05) is 11.3 Å². The number of nitrogens with one attached hydrogen (secondary N) is 1. The molecule has 0 bridgehead atoms. The largest absolute Gasteiger partial charge is 0.382 e. The monoisotopic (exact) mass is 284 g/mol. The first kappa shape index (κ1) is 14.9. The highest BCUT2D eigenvalue weighted by Crippen LogP contribution is 2.42. The van der Waals surface area contributed by atoms with Crippen LogP contribution in [0.15, 0.2) is 0 Å². The first-order valence-electron chi connectivity index (χ1n) is 7.11. The van der Waals surface area contributed by atoms with Crippen LogP contribution in [0.1, 0.15) is 41.3 Å². The number of rotatable bonds is 10. The third kappa shape index (κ3) is 4.84. The van der Waals surface area contributed by atoms with Crippen molar-refractivity contribution in [2.45, 2.75) is 38.6 Å². The Balaban J connectivity index is 1.82. The second kappa shape index (κ2) is 7.94. The number of ether oxygens (including phenoxy) is 2. The van der Waals surface area contributed by atoms with Crippen LogP contribution in [0.2, 0.25) is 0 Å². The highest BCUT2D eigenvalue weighted by Gasteiger charge is 2.29. The molecule has 0 spiro atoms. The molecule has 1 aliphatic rings. The maximum atomic E-state index is 5.51. The molecule has 1 aromatic heterocycles. The van der Waals surface area contributed by atoms with Crippen molar-refractivity contribution in [3.05, 3.63) is 15.6 Å². The smallest absolute Gasteiger partial charge is 0.0954 e. The zero-order chi connectivity index (χ0) is 13.5. The van der Waals surface area contributed by atoms with Gasteiger partial charge in [0.2, 0.25) is 0 Å². The molecule has 1 aliphatic carbocycles. The van der Waals surface area contributed by atoms with Crippen LogP contribution in [0.25, 0.3) is 0 Å². The summed E-state index contributed by atoms with van der Waals surface area (Å²) < 4.78 is 10.5. The Hall–Kier alpha value is -0.490. The van der Waals surface area contributed by atoms with Crippen molar-refractivity contribution in [3.63, 3.8) is 0 Å². The summed E-state index contributed by atoms with van der Waals surface area (Å²) in [6.07, 6.45) is 3.54. The van der Waals surface area contributed by atoms with E-state index in [4.69, 9.17) is 14.5 Å². The lowest BCUT2D eigenvalue weighted by Gasteiger charge is -2.00. The standard InChI is InChI=1S/C14H24N2O2S/c1-3-15-10-12-14(11-4-5-11)16-13(19-12)6-7-18-9-8-17-2/h11,15H,3-10H2,1-2H3. The van der Waals surface area contributed by atoms with E-state index in [0.29, 0.717) is 13.2 Å². The lowest BCUT2D eigenvalue weighted by molar-refractivity contribution is 0.0722. The fourth-order valence-corrected chi connectivity index (χ4v) is 3.07. The van der Waals surface area contributed by atoms with Gasteiger partial charge in [0.25, 0.3) is 0 Å². The zero-order valence-corrected chi connectivity index (χ0v) is 12.7. The Morgan fingerprint density at radius 3 is 2.84 bits per heavy atom. The minimum atomic E-state index is 0.664. The van der Waals surface area contributed by atoms with Gasteiger partial charge in [0.05, 0.1) is 30.5 Å². The predicted octanol–water partition coefficient (Wildman–Crippen LogP) is 2.34. The van der Waals surface area contributed by atoms with Gasteiger partial charge in [-0.25, -0.2) is 4.98 Å². The van der Waals surface area contributed by atoms with E-state index < -0.39 is 0 Å². The van der Waals surface area contributed by atoms with Crippen molar-refractivity contribution in [1.82, 2.24) is 10.3 Å². The van der Waals surface area contributed by atoms with E-state index in [1.165, 1.54) is 28.4 Å². The Labute approximate surface area is 119 Å². The van der Waals surface area contributed by atoms with Crippen LogP contribution in [-0.2, 0) is 22.4 Å². The SMILES string of the molecule is CCNCc1sc(CCOCCOC)nc1C1CC1. The third-order valence-corrected chi connectivity index (χ3v) is 4.29. The molecule has 1 saturated carbocycles. The molecule has 0 aromatic carbocycles. The zero-order valence-electron chi connectivity index (χ0n) is 11.9. The minimum Gasteiger partial charge on any atom is -0.382 e. The molecule has 0 amide bonds. The van der Waals surface area contributed by atoms with Gasteiger partial charge >= 0.3 is 0 Å². The fraction of sp³-hybridized carbons (Fsp3) is 0.786. The molecular formula is C14H24N2O2S. The van der Waals surface area contributed by atoms with E-state index in [-0.39, 0.29) is 0 Å². The molecule has 0 unspecified atom stereocenters. The van der Waals surface area contributed by atoms with E-state index >= 15 is 0 Å². The van der Waals surface area contributed by atoms with Crippen LogP contribution >= 0.6 is 11.3 Å². The van der Waals surface area contributed by atoms with Gasteiger partial charge in [0.1, 0.15) is 0 Å². The second-order valence-electron chi connectivity index (χ2n) is 4.83. The second-order valence-corrected chi connectivity index (χ2v) is 5.99. The van der Waals surface area contributed by atoms with E-state index in [9.17, 15) is 0 Å². The molecule has 108 valence electrons. The Bertz CT molecular complexity index is 378. The van der Waals surface area contributed by atoms with Gasteiger partial charge in [-0.1, -0.05) is 6.92 Å². The fourth-order valence-electron chi connectivity index (χ4n) is 1.97. The van der Waals surface area contributed by atoms with Crippen LogP contribution < -0.4 is 5.32 Å². The molecule has 0 atom stereocenters. The summed E-state index contributed by atoms with van der Waals surface area (Å²) in [4.78, 5) is 6.24. The van der Waals surface area contributed by atoms with E-state index in [2.05, 4.69) is 12.2 Å². The molecular weight excluding hydrogens is 260 g/mol. The number of nitrogens with zero attached hydrogens (tertiary/aromatic N) is 1. The Morgan fingerprint density at radius 1 is 1.32 bits per heavy atom. The maximum absolute atomic E-state index is 5.51. The van der Waals surface area contributed by atoms with E-state index in [0.717, 1.165) is 32.0 Å². The van der Waals surface area contributed by atoms with Crippen molar-refractivity contribution in [2.75, 3.05) is 33.5 Å². The molecule has 1 aromatic rings. The summed E-state index contributed by atoms with van der Waals surface area (Å²) in [5.74, 6) is 0.730. The summed E-state index contributed by atoms with van der Waals surface area (Å²) in [5.41, 5.74) is 1.35. The molecule has 0 radical (unpaired) electrons. The molecule has 4 nitrogen and oxygen atoms in total. The van der Waals surface area contributed by atoms with Gasteiger partial charge < -0.3 is 14.8 Å². The highest BCUT2D eigenvalue weighted by molar-refractivity contribution is 7.11. The minimum absolute atomic E-state index is 0.664. The molecule has 1 heterocycles. The summed E-state index contributed by atoms with van der Waals surface area (Å²) >= 11 is 1.85. The normalized spacial score (nSPS) is 15.1. The number of thiazole rings is 1. The first-order valence-corrected chi connectivity index (χ1v) is 7.92. The van der Waals surface area contributed by atoms with Gasteiger partial charge in [-0.3, -0.25) is 0 Å². The van der Waals surface area contributed by atoms with Crippen molar-refractivity contribution in [3.8, 4) is 0 Å². The molecule has 5 heteroatoms. The van der Waals surface area contributed by atoms with E-state index in [1.54, 1.807) is 7.11 Å². The predicted molar refractivity (Wildman–Crippen MR) is 77.9 cm³/mol. The van der Waals surface area contributed by atoms with Crippen LogP contribution in [0, 0.1) is 0 Å². The number of hydrogen-bond donors (Lipinski definition) is 1. The number of methoxy groups -OCH3 is 1. The van der Waals surface area contributed by atoms with Crippen LogP contribution in [0.5, 0.6) is 0 Å². The molecule has 2 rings (SSSR count). The van der Waals surface area contributed by atoms with Gasteiger partial charge in [-0.2, -0.15) is 0 Å². The summed E-state index contributed by atoms with van der Waals surface area (Å²) in [6, 6.07) is 0. The molecule has 1 N–H and O–H groups in total. The average molecular weight is 284 g/mol. The summed E-state index contributed by atoms with van der Waals surface area (Å²) in [7, 11) is 1.69. The Kier molecular flexibility index (Phi) is 6.23. The van der Waals surface area contributed by atoms with Crippen LogP contribution in [0.3, 0.4) is 0 Å². The molecule has 19 heavy (non-hydrogen) atoms. The summed E-state index contributed by atoms with van der Waals surface area (Å²) in [6.45, 7) is 6.19. The molecule has 0 aliphatic heterocycles. The van der Waals surface area contributed by atoms with Gasteiger partial charge in [0.15, 0.2) is 0 Å². The average Bonchev–Trinajstić information content (AvgIpc) is 3.18. The molecule has 1 fully saturated rings. The van der Waals surface area contributed by atoms with Gasteiger partial charge in [-0.05, 0) is 19.4 Å². The van der Waals surface area contributed by atoms with Gasteiger partial charge in [-0.15, -0.1) is 11.3 Å².